The number of hydrogen-bond donors (Lipinski definition) is 1. The standard InChI is InChI=1S/C23H16BrFN4/c24-19-12-10-17(11-13-19)23-27-21(16-6-2-1-3-7-16)14-22(28-23)29-26-15-18-8-4-5-9-20(18)25/h1-15H,(H,27,28,29)/b26-15-. The molecule has 6 heteroatoms. The minimum Gasteiger partial charge on any atom is -0.261 e. The number of anilines is 1. The zero-order chi connectivity index (χ0) is 20.1. The summed E-state index contributed by atoms with van der Waals surface area (Å²) in [4.78, 5) is 9.27. The summed E-state index contributed by atoms with van der Waals surface area (Å²) < 4.78 is 14.8. The Morgan fingerprint density at radius 2 is 1.55 bits per heavy atom. The molecule has 1 aromatic heterocycles. The van der Waals surface area contributed by atoms with Gasteiger partial charge in [-0.1, -0.05) is 76.6 Å². The Bertz CT molecular complexity index is 1150. The molecule has 0 atom stereocenters. The zero-order valence-corrected chi connectivity index (χ0v) is 16.8. The van der Waals surface area contributed by atoms with E-state index in [1.807, 2.05) is 60.7 Å². The van der Waals surface area contributed by atoms with Crippen molar-refractivity contribution in [3.8, 4) is 22.6 Å². The number of nitrogens with one attached hydrogen (secondary N) is 1. The molecule has 0 aliphatic heterocycles. The Morgan fingerprint density at radius 1 is 0.828 bits per heavy atom. The number of halogens is 2. The highest BCUT2D eigenvalue weighted by Crippen LogP contribution is 2.25. The molecule has 0 aliphatic carbocycles. The molecule has 0 saturated carbocycles. The number of rotatable bonds is 5. The summed E-state index contributed by atoms with van der Waals surface area (Å²) in [6.45, 7) is 0. The van der Waals surface area contributed by atoms with Crippen LogP contribution in [0.5, 0.6) is 0 Å². The van der Waals surface area contributed by atoms with Gasteiger partial charge in [0.05, 0.1) is 11.9 Å². The van der Waals surface area contributed by atoms with Gasteiger partial charge in [0, 0.05) is 27.2 Å². The van der Waals surface area contributed by atoms with Crippen LogP contribution in [0.2, 0.25) is 0 Å². The van der Waals surface area contributed by atoms with Crippen LogP contribution < -0.4 is 5.43 Å². The summed E-state index contributed by atoms with van der Waals surface area (Å²) >= 11 is 3.44. The minimum atomic E-state index is -0.332. The van der Waals surface area contributed by atoms with Crippen molar-refractivity contribution in [1.82, 2.24) is 9.97 Å². The zero-order valence-electron chi connectivity index (χ0n) is 15.3. The van der Waals surface area contributed by atoms with Gasteiger partial charge in [0.1, 0.15) is 5.82 Å². The molecule has 4 aromatic rings. The van der Waals surface area contributed by atoms with E-state index in [0.29, 0.717) is 17.2 Å². The molecule has 0 spiro atoms. The van der Waals surface area contributed by atoms with Crippen molar-refractivity contribution in [3.05, 3.63) is 101 Å². The van der Waals surface area contributed by atoms with E-state index in [4.69, 9.17) is 4.98 Å². The van der Waals surface area contributed by atoms with Crippen molar-refractivity contribution >= 4 is 28.0 Å². The molecular weight excluding hydrogens is 431 g/mol. The van der Waals surface area contributed by atoms with E-state index < -0.39 is 0 Å². The van der Waals surface area contributed by atoms with Crippen molar-refractivity contribution in [3.63, 3.8) is 0 Å². The van der Waals surface area contributed by atoms with Gasteiger partial charge in [0.15, 0.2) is 11.6 Å². The average molecular weight is 447 g/mol. The number of benzene rings is 3. The lowest BCUT2D eigenvalue weighted by Gasteiger charge is -2.08. The topological polar surface area (TPSA) is 50.2 Å². The Kier molecular flexibility index (Phi) is 5.72. The van der Waals surface area contributed by atoms with Crippen molar-refractivity contribution in [2.45, 2.75) is 0 Å². The molecule has 0 radical (unpaired) electrons. The van der Waals surface area contributed by atoms with Crippen LogP contribution in [0.25, 0.3) is 22.6 Å². The summed E-state index contributed by atoms with van der Waals surface area (Å²) in [7, 11) is 0. The second kappa shape index (κ2) is 8.75. The van der Waals surface area contributed by atoms with E-state index >= 15 is 0 Å². The van der Waals surface area contributed by atoms with Crippen LogP contribution in [-0.2, 0) is 0 Å². The fraction of sp³-hybridized carbons (Fsp3) is 0. The lowest BCUT2D eigenvalue weighted by atomic mass is 10.1. The van der Waals surface area contributed by atoms with Gasteiger partial charge in [-0.25, -0.2) is 14.4 Å². The maximum atomic E-state index is 13.8. The highest BCUT2D eigenvalue weighted by molar-refractivity contribution is 9.10. The molecule has 29 heavy (non-hydrogen) atoms. The van der Waals surface area contributed by atoms with Gasteiger partial charge in [0.25, 0.3) is 0 Å². The smallest absolute Gasteiger partial charge is 0.162 e. The molecule has 3 aromatic carbocycles. The van der Waals surface area contributed by atoms with Gasteiger partial charge in [-0.3, -0.25) is 5.43 Å². The summed E-state index contributed by atoms with van der Waals surface area (Å²) in [6, 6.07) is 25.9. The monoisotopic (exact) mass is 446 g/mol. The Balaban J connectivity index is 1.69. The van der Waals surface area contributed by atoms with Crippen LogP contribution >= 0.6 is 15.9 Å². The van der Waals surface area contributed by atoms with E-state index in [1.54, 1.807) is 18.2 Å². The second-order valence-electron chi connectivity index (χ2n) is 6.23. The van der Waals surface area contributed by atoms with Crippen LogP contribution in [0.3, 0.4) is 0 Å². The molecule has 4 rings (SSSR count). The predicted octanol–water partition coefficient (Wildman–Crippen LogP) is 6.16. The van der Waals surface area contributed by atoms with Gasteiger partial charge in [-0.15, -0.1) is 0 Å². The maximum absolute atomic E-state index is 13.8. The van der Waals surface area contributed by atoms with E-state index in [1.165, 1.54) is 12.3 Å². The van der Waals surface area contributed by atoms with E-state index in [0.717, 1.165) is 21.3 Å². The van der Waals surface area contributed by atoms with Gasteiger partial charge in [-0.2, -0.15) is 5.10 Å². The van der Waals surface area contributed by atoms with E-state index in [-0.39, 0.29) is 5.82 Å². The lowest BCUT2D eigenvalue weighted by molar-refractivity contribution is 0.626. The first kappa shape index (κ1) is 19.0. The lowest BCUT2D eigenvalue weighted by Crippen LogP contribution is -1.99. The van der Waals surface area contributed by atoms with Crippen molar-refractivity contribution < 1.29 is 4.39 Å². The first-order valence-electron chi connectivity index (χ1n) is 8.93. The molecule has 0 unspecified atom stereocenters. The van der Waals surface area contributed by atoms with Crippen LogP contribution in [0.1, 0.15) is 5.56 Å². The summed E-state index contributed by atoms with van der Waals surface area (Å²) in [5.41, 5.74) is 5.90. The number of nitrogens with zero attached hydrogens (tertiary/aromatic N) is 3. The summed E-state index contributed by atoms with van der Waals surface area (Å²) in [5, 5.41) is 4.14. The van der Waals surface area contributed by atoms with Crippen LogP contribution in [-0.4, -0.2) is 16.2 Å². The van der Waals surface area contributed by atoms with Crippen molar-refractivity contribution in [2.24, 2.45) is 5.10 Å². The summed E-state index contributed by atoms with van der Waals surface area (Å²) in [6.07, 6.45) is 1.43. The molecule has 0 fully saturated rings. The highest BCUT2D eigenvalue weighted by Gasteiger charge is 2.09. The Morgan fingerprint density at radius 3 is 2.31 bits per heavy atom. The molecule has 0 bridgehead atoms. The van der Waals surface area contributed by atoms with Gasteiger partial charge < -0.3 is 0 Å². The highest BCUT2D eigenvalue weighted by atomic mass is 79.9. The van der Waals surface area contributed by atoms with Crippen LogP contribution in [0.15, 0.2) is 94.5 Å². The van der Waals surface area contributed by atoms with Crippen LogP contribution in [0.4, 0.5) is 10.2 Å². The molecule has 1 heterocycles. The normalized spacial score (nSPS) is 11.0. The molecular formula is C23H16BrFN4. The Hall–Kier alpha value is -3.38. The average Bonchev–Trinajstić information content (AvgIpc) is 2.76. The first-order chi connectivity index (χ1) is 14.2. The van der Waals surface area contributed by atoms with Crippen LogP contribution in [0, 0.1) is 5.82 Å². The molecule has 142 valence electrons. The van der Waals surface area contributed by atoms with Crippen molar-refractivity contribution in [2.75, 3.05) is 5.43 Å². The maximum Gasteiger partial charge on any atom is 0.162 e. The molecule has 4 nitrogen and oxygen atoms in total. The first-order valence-corrected chi connectivity index (χ1v) is 9.72. The third-order valence-electron chi connectivity index (χ3n) is 4.19. The summed E-state index contributed by atoms with van der Waals surface area (Å²) in [5.74, 6) is 0.757. The van der Waals surface area contributed by atoms with Gasteiger partial charge in [-0.05, 0) is 18.2 Å². The van der Waals surface area contributed by atoms with Crippen molar-refractivity contribution in [1.29, 1.82) is 0 Å². The third kappa shape index (κ3) is 4.73. The van der Waals surface area contributed by atoms with E-state index in [9.17, 15) is 4.39 Å². The third-order valence-corrected chi connectivity index (χ3v) is 4.71. The SMILES string of the molecule is Fc1ccccc1/C=N\Nc1cc(-c2ccccc2)nc(-c2ccc(Br)cc2)n1. The number of hydrazone groups is 1. The predicted molar refractivity (Wildman–Crippen MR) is 118 cm³/mol. The fourth-order valence-corrected chi connectivity index (χ4v) is 3.00. The van der Waals surface area contributed by atoms with Gasteiger partial charge >= 0.3 is 0 Å². The Labute approximate surface area is 176 Å². The molecule has 0 amide bonds. The molecule has 1 N–H and O–H groups in total. The minimum absolute atomic E-state index is 0.332. The number of hydrogen-bond acceptors (Lipinski definition) is 4. The largest absolute Gasteiger partial charge is 0.261 e. The second-order valence-corrected chi connectivity index (χ2v) is 7.14. The van der Waals surface area contributed by atoms with Gasteiger partial charge in [0.2, 0.25) is 0 Å². The van der Waals surface area contributed by atoms with E-state index in [2.05, 4.69) is 31.4 Å². The molecule has 0 aliphatic rings. The quantitative estimate of drug-likeness (QED) is 0.295. The fourth-order valence-electron chi connectivity index (χ4n) is 2.74. The molecule has 0 saturated heterocycles. The number of aromatic nitrogens is 2.